The Kier molecular flexibility index (Phi) is 6.52. The zero-order valence-corrected chi connectivity index (χ0v) is 15.5. The molecule has 2 rings (SSSR count). The van der Waals surface area contributed by atoms with Crippen molar-refractivity contribution in [3.05, 3.63) is 70.7 Å². The molecule has 124 valence electrons. The summed E-state index contributed by atoms with van der Waals surface area (Å²) in [5, 5.41) is 5.84. The van der Waals surface area contributed by atoms with Crippen molar-refractivity contribution in [2.24, 2.45) is 0 Å². The highest BCUT2D eigenvalue weighted by atomic mass is 79.9. The second kappa shape index (κ2) is 8.61. The third-order valence-corrected chi connectivity index (χ3v) is 3.66. The number of thiocarbonyl (C=S) groups is 1. The molecule has 1 amide bonds. The number of benzene rings is 2. The maximum absolute atomic E-state index is 12.1. The van der Waals surface area contributed by atoms with E-state index in [9.17, 15) is 4.79 Å². The van der Waals surface area contributed by atoms with E-state index in [0.717, 1.165) is 21.5 Å². The third-order valence-electron chi connectivity index (χ3n) is 2.93. The van der Waals surface area contributed by atoms with Crippen molar-refractivity contribution in [1.29, 1.82) is 0 Å². The van der Waals surface area contributed by atoms with E-state index >= 15 is 0 Å². The standard InChI is InChI=1S/C18H17BrN2O2S/c1-12(2)11-23-16-9-7-15(8-10-16)20-18(24)21-17(22)13-3-5-14(19)6-4-13/h3-10H,1,11H2,2H3,(H2,20,21,22,24). The Labute approximate surface area is 155 Å². The summed E-state index contributed by atoms with van der Waals surface area (Å²) in [6.45, 7) is 6.17. The number of rotatable bonds is 5. The molecule has 0 aliphatic heterocycles. The topological polar surface area (TPSA) is 50.4 Å². The van der Waals surface area contributed by atoms with E-state index in [2.05, 4.69) is 33.1 Å². The van der Waals surface area contributed by atoms with Crippen LogP contribution in [0.15, 0.2) is 65.2 Å². The van der Waals surface area contributed by atoms with Crippen LogP contribution in [-0.2, 0) is 0 Å². The lowest BCUT2D eigenvalue weighted by Crippen LogP contribution is -2.34. The van der Waals surface area contributed by atoms with Gasteiger partial charge < -0.3 is 10.1 Å². The lowest BCUT2D eigenvalue weighted by atomic mass is 10.2. The first kappa shape index (κ1) is 18.2. The number of nitrogens with one attached hydrogen (secondary N) is 2. The average Bonchev–Trinajstić information content (AvgIpc) is 2.54. The van der Waals surface area contributed by atoms with Crippen LogP contribution in [0.4, 0.5) is 5.69 Å². The first-order valence-electron chi connectivity index (χ1n) is 7.19. The molecule has 0 saturated carbocycles. The molecule has 2 aromatic rings. The highest BCUT2D eigenvalue weighted by Gasteiger charge is 2.07. The first-order chi connectivity index (χ1) is 11.4. The van der Waals surface area contributed by atoms with Crippen molar-refractivity contribution in [2.75, 3.05) is 11.9 Å². The first-order valence-corrected chi connectivity index (χ1v) is 8.39. The summed E-state index contributed by atoms with van der Waals surface area (Å²) in [5.74, 6) is 0.481. The van der Waals surface area contributed by atoms with Crippen LogP contribution in [-0.4, -0.2) is 17.6 Å². The van der Waals surface area contributed by atoms with Gasteiger partial charge in [0.05, 0.1) is 0 Å². The second-order valence-electron chi connectivity index (χ2n) is 5.19. The molecular formula is C18H17BrN2O2S. The summed E-state index contributed by atoms with van der Waals surface area (Å²) < 4.78 is 6.44. The lowest BCUT2D eigenvalue weighted by molar-refractivity contribution is 0.0977. The fourth-order valence-corrected chi connectivity index (χ4v) is 2.25. The van der Waals surface area contributed by atoms with Gasteiger partial charge in [-0.05, 0) is 73.2 Å². The minimum atomic E-state index is -0.263. The molecule has 0 aliphatic carbocycles. The van der Waals surface area contributed by atoms with E-state index < -0.39 is 0 Å². The zero-order chi connectivity index (χ0) is 17.5. The fraction of sp³-hybridized carbons (Fsp3) is 0.111. The lowest BCUT2D eigenvalue weighted by Gasteiger charge is -2.11. The van der Waals surface area contributed by atoms with Gasteiger partial charge in [0.1, 0.15) is 12.4 Å². The Morgan fingerprint density at radius 1 is 1.17 bits per heavy atom. The monoisotopic (exact) mass is 404 g/mol. The molecule has 0 bridgehead atoms. The maximum atomic E-state index is 12.1. The van der Waals surface area contributed by atoms with Crippen molar-refractivity contribution in [2.45, 2.75) is 6.92 Å². The van der Waals surface area contributed by atoms with Crippen LogP contribution in [0.1, 0.15) is 17.3 Å². The molecular weight excluding hydrogens is 388 g/mol. The Morgan fingerprint density at radius 2 is 1.79 bits per heavy atom. The van der Waals surface area contributed by atoms with Gasteiger partial charge in [0.25, 0.3) is 5.91 Å². The Morgan fingerprint density at radius 3 is 2.38 bits per heavy atom. The smallest absolute Gasteiger partial charge is 0.257 e. The van der Waals surface area contributed by atoms with Gasteiger partial charge in [-0.1, -0.05) is 22.5 Å². The number of hydrogen-bond donors (Lipinski definition) is 2. The van der Waals surface area contributed by atoms with Crippen molar-refractivity contribution in [3.63, 3.8) is 0 Å². The molecule has 0 aromatic heterocycles. The molecule has 0 fully saturated rings. The molecule has 2 N–H and O–H groups in total. The second-order valence-corrected chi connectivity index (χ2v) is 6.51. The summed E-state index contributed by atoms with van der Waals surface area (Å²) in [7, 11) is 0. The molecule has 0 unspecified atom stereocenters. The molecule has 0 saturated heterocycles. The molecule has 0 atom stereocenters. The number of carbonyl (C=O) groups is 1. The van der Waals surface area contributed by atoms with Gasteiger partial charge in [-0.2, -0.15) is 0 Å². The molecule has 0 spiro atoms. The molecule has 2 aromatic carbocycles. The van der Waals surface area contributed by atoms with E-state index in [1.54, 1.807) is 24.3 Å². The minimum absolute atomic E-state index is 0.235. The molecule has 0 heterocycles. The third kappa shape index (κ3) is 5.79. The number of carbonyl (C=O) groups excluding carboxylic acids is 1. The summed E-state index contributed by atoms with van der Waals surface area (Å²) in [6.07, 6.45) is 0. The Bertz CT molecular complexity index is 743. The van der Waals surface area contributed by atoms with E-state index in [4.69, 9.17) is 17.0 Å². The van der Waals surface area contributed by atoms with Gasteiger partial charge in [-0.3, -0.25) is 10.1 Å². The van der Waals surface area contributed by atoms with Gasteiger partial charge in [-0.25, -0.2) is 0 Å². The number of halogens is 1. The van der Waals surface area contributed by atoms with Gasteiger partial charge in [0.15, 0.2) is 5.11 Å². The number of amides is 1. The van der Waals surface area contributed by atoms with Gasteiger partial charge in [0, 0.05) is 15.7 Å². The summed E-state index contributed by atoms with van der Waals surface area (Å²) in [5.41, 5.74) is 2.25. The van der Waals surface area contributed by atoms with E-state index in [1.807, 2.05) is 31.2 Å². The van der Waals surface area contributed by atoms with Crippen LogP contribution in [0.5, 0.6) is 5.75 Å². The summed E-state index contributed by atoms with van der Waals surface area (Å²) >= 11 is 8.49. The highest BCUT2D eigenvalue weighted by molar-refractivity contribution is 9.10. The van der Waals surface area contributed by atoms with Crippen LogP contribution in [0.25, 0.3) is 0 Å². The van der Waals surface area contributed by atoms with E-state index in [-0.39, 0.29) is 11.0 Å². The zero-order valence-electron chi connectivity index (χ0n) is 13.1. The van der Waals surface area contributed by atoms with Crippen LogP contribution in [0.2, 0.25) is 0 Å². The average molecular weight is 405 g/mol. The number of hydrogen-bond acceptors (Lipinski definition) is 3. The molecule has 0 aliphatic rings. The predicted octanol–water partition coefficient (Wildman–Crippen LogP) is 4.53. The van der Waals surface area contributed by atoms with E-state index in [1.165, 1.54) is 0 Å². The molecule has 4 nitrogen and oxygen atoms in total. The van der Waals surface area contributed by atoms with Gasteiger partial charge in [0.2, 0.25) is 0 Å². The summed E-state index contributed by atoms with van der Waals surface area (Å²) in [4.78, 5) is 12.1. The van der Waals surface area contributed by atoms with Crippen molar-refractivity contribution in [1.82, 2.24) is 5.32 Å². The molecule has 6 heteroatoms. The van der Waals surface area contributed by atoms with Crippen LogP contribution in [0.3, 0.4) is 0 Å². The summed E-state index contributed by atoms with van der Waals surface area (Å²) in [6, 6.07) is 14.3. The Balaban J connectivity index is 1.88. The SMILES string of the molecule is C=C(C)COc1ccc(NC(=S)NC(=O)c2ccc(Br)cc2)cc1. The van der Waals surface area contributed by atoms with Gasteiger partial charge >= 0.3 is 0 Å². The minimum Gasteiger partial charge on any atom is -0.489 e. The van der Waals surface area contributed by atoms with E-state index in [0.29, 0.717) is 12.2 Å². The number of ether oxygens (including phenoxy) is 1. The fourth-order valence-electron chi connectivity index (χ4n) is 1.78. The van der Waals surface area contributed by atoms with Gasteiger partial charge in [-0.15, -0.1) is 0 Å². The van der Waals surface area contributed by atoms with Crippen LogP contribution < -0.4 is 15.4 Å². The van der Waals surface area contributed by atoms with Crippen molar-refractivity contribution < 1.29 is 9.53 Å². The molecule has 24 heavy (non-hydrogen) atoms. The van der Waals surface area contributed by atoms with Crippen molar-refractivity contribution >= 4 is 44.9 Å². The van der Waals surface area contributed by atoms with Crippen LogP contribution in [0, 0.1) is 0 Å². The number of anilines is 1. The quantitative estimate of drug-likeness (QED) is 0.567. The van der Waals surface area contributed by atoms with Crippen molar-refractivity contribution in [3.8, 4) is 5.75 Å². The largest absolute Gasteiger partial charge is 0.489 e. The Hall–Kier alpha value is -2.18. The molecule has 0 radical (unpaired) electrons. The predicted molar refractivity (Wildman–Crippen MR) is 105 cm³/mol. The normalized spacial score (nSPS) is 9.92. The van der Waals surface area contributed by atoms with Crippen LogP contribution >= 0.6 is 28.1 Å². The highest BCUT2D eigenvalue weighted by Crippen LogP contribution is 2.16. The maximum Gasteiger partial charge on any atom is 0.257 e.